The van der Waals surface area contributed by atoms with Crippen LogP contribution in [0.5, 0.6) is 0 Å². The summed E-state index contributed by atoms with van der Waals surface area (Å²) in [5.74, 6) is -1.00. The van der Waals surface area contributed by atoms with Crippen molar-refractivity contribution in [2.45, 2.75) is 59.4 Å². The first kappa shape index (κ1) is 16.0. The summed E-state index contributed by atoms with van der Waals surface area (Å²) in [6, 6.07) is 0.141. The molecule has 0 aromatic carbocycles. The molecule has 1 amide bonds. The Balaban J connectivity index is 2.71. The highest BCUT2D eigenvalue weighted by Crippen LogP contribution is 2.38. The molecular formula is C15H27NO3. The highest BCUT2D eigenvalue weighted by molar-refractivity contribution is 5.85. The first-order chi connectivity index (χ1) is 8.90. The molecule has 0 aromatic rings. The zero-order chi connectivity index (χ0) is 14.6. The quantitative estimate of drug-likeness (QED) is 0.779. The fourth-order valence-electron chi connectivity index (χ4n) is 3.07. The molecule has 4 atom stereocenters. The van der Waals surface area contributed by atoms with Crippen LogP contribution in [0.25, 0.3) is 0 Å². The van der Waals surface area contributed by atoms with Gasteiger partial charge in [-0.15, -0.1) is 0 Å². The van der Waals surface area contributed by atoms with E-state index in [0.717, 1.165) is 12.8 Å². The number of carboxylic acids is 1. The SMILES string of the molecule is CCC1CC(C(=O)O)C(C(=O)NC(CC)C(C)C)C1. The molecule has 0 spiro atoms. The maximum atomic E-state index is 12.3. The molecule has 0 saturated heterocycles. The summed E-state index contributed by atoms with van der Waals surface area (Å²) in [5.41, 5.74) is 0. The second-order valence-corrected chi connectivity index (χ2v) is 6.06. The summed E-state index contributed by atoms with van der Waals surface area (Å²) in [5, 5.41) is 12.3. The topological polar surface area (TPSA) is 66.4 Å². The highest BCUT2D eigenvalue weighted by Gasteiger charge is 2.42. The van der Waals surface area contributed by atoms with Crippen LogP contribution in [-0.4, -0.2) is 23.0 Å². The van der Waals surface area contributed by atoms with Gasteiger partial charge in [-0.25, -0.2) is 0 Å². The molecule has 110 valence electrons. The van der Waals surface area contributed by atoms with Crippen molar-refractivity contribution in [1.82, 2.24) is 5.32 Å². The monoisotopic (exact) mass is 269 g/mol. The second kappa shape index (κ2) is 6.92. The Hall–Kier alpha value is -1.06. The van der Waals surface area contributed by atoms with Crippen LogP contribution in [-0.2, 0) is 9.59 Å². The minimum absolute atomic E-state index is 0.0658. The second-order valence-electron chi connectivity index (χ2n) is 6.06. The van der Waals surface area contributed by atoms with Gasteiger partial charge < -0.3 is 10.4 Å². The number of nitrogens with one attached hydrogen (secondary N) is 1. The number of amides is 1. The molecular weight excluding hydrogens is 242 g/mol. The molecule has 4 unspecified atom stereocenters. The van der Waals surface area contributed by atoms with Crippen LogP contribution >= 0.6 is 0 Å². The van der Waals surface area contributed by atoms with E-state index in [1.54, 1.807) is 0 Å². The van der Waals surface area contributed by atoms with Crippen LogP contribution in [0.4, 0.5) is 0 Å². The number of carboxylic acid groups (broad SMARTS) is 1. The first-order valence-corrected chi connectivity index (χ1v) is 7.43. The van der Waals surface area contributed by atoms with E-state index in [2.05, 4.69) is 26.1 Å². The van der Waals surface area contributed by atoms with Gasteiger partial charge in [0, 0.05) is 6.04 Å². The largest absolute Gasteiger partial charge is 0.481 e. The van der Waals surface area contributed by atoms with Crippen molar-refractivity contribution >= 4 is 11.9 Å². The standard InChI is InChI=1S/C15H27NO3/c1-5-10-7-11(12(8-10)15(18)19)14(17)16-13(6-2)9(3)4/h9-13H,5-8H2,1-4H3,(H,16,17)(H,18,19). The van der Waals surface area contributed by atoms with Crippen molar-refractivity contribution in [2.24, 2.45) is 23.7 Å². The zero-order valence-electron chi connectivity index (χ0n) is 12.5. The van der Waals surface area contributed by atoms with Gasteiger partial charge in [-0.3, -0.25) is 9.59 Å². The van der Waals surface area contributed by atoms with Gasteiger partial charge >= 0.3 is 5.97 Å². The smallest absolute Gasteiger partial charge is 0.307 e. The van der Waals surface area contributed by atoms with Gasteiger partial charge in [-0.1, -0.05) is 34.1 Å². The van der Waals surface area contributed by atoms with Crippen LogP contribution in [0.15, 0.2) is 0 Å². The Bertz CT molecular complexity index is 327. The van der Waals surface area contributed by atoms with Crippen molar-refractivity contribution in [2.75, 3.05) is 0 Å². The van der Waals surface area contributed by atoms with E-state index in [1.165, 1.54) is 0 Å². The normalized spacial score (nSPS) is 28.4. The molecule has 1 rings (SSSR count). The lowest BCUT2D eigenvalue weighted by Crippen LogP contribution is -2.43. The molecule has 1 saturated carbocycles. The third kappa shape index (κ3) is 3.95. The fraction of sp³-hybridized carbons (Fsp3) is 0.867. The Morgan fingerprint density at radius 3 is 2.21 bits per heavy atom. The highest BCUT2D eigenvalue weighted by atomic mass is 16.4. The lowest BCUT2D eigenvalue weighted by atomic mass is 9.93. The van der Waals surface area contributed by atoms with E-state index in [1.807, 2.05) is 6.92 Å². The molecule has 4 heteroatoms. The van der Waals surface area contributed by atoms with Gasteiger partial charge in [-0.05, 0) is 31.1 Å². The summed E-state index contributed by atoms with van der Waals surface area (Å²) >= 11 is 0. The van der Waals surface area contributed by atoms with Crippen molar-refractivity contribution in [3.63, 3.8) is 0 Å². The maximum Gasteiger partial charge on any atom is 0.307 e. The summed E-state index contributed by atoms with van der Waals surface area (Å²) in [4.78, 5) is 23.6. The Morgan fingerprint density at radius 2 is 1.79 bits per heavy atom. The summed E-state index contributed by atoms with van der Waals surface area (Å²) < 4.78 is 0. The van der Waals surface area contributed by atoms with Gasteiger partial charge in [0.2, 0.25) is 5.91 Å². The molecule has 1 fully saturated rings. The van der Waals surface area contributed by atoms with E-state index >= 15 is 0 Å². The van der Waals surface area contributed by atoms with Crippen molar-refractivity contribution in [3.05, 3.63) is 0 Å². The predicted molar refractivity (Wildman–Crippen MR) is 74.7 cm³/mol. The zero-order valence-corrected chi connectivity index (χ0v) is 12.5. The molecule has 1 aliphatic rings. The molecule has 0 aliphatic heterocycles. The third-order valence-corrected chi connectivity index (χ3v) is 4.46. The summed E-state index contributed by atoms with van der Waals surface area (Å²) in [6.45, 7) is 8.26. The van der Waals surface area contributed by atoms with Gasteiger partial charge in [0.1, 0.15) is 0 Å². The van der Waals surface area contributed by atoms with Gasteiger partial charge in [0.15, 0.2) is 0 Å². The summed E-state index contributed by atoms with van der Waals surface area (Å²) in [6.07, 6.45) is 3.19. The molecule has 1 aliphatic carbocycles. The predicted octanol–water partition coefficient (Wildman–Crippen LogP) is 2.67. The van der Waals surface area contributed by atoms with E-state index in [4.69, 9.17) is 0 Å². The number of carbonyl (C=O) groups excluding carboxylic acids is 1. The molecule has 4 nitrogen and oxygen atoms in total. The Kier molecular flexibility index (Phi) is 5.83. The summed E-state index contributed by atoms with van der Waals surface area (Å²) in [7, 11) is 0. The van der Waals surface area contributed by atoms with Gasteiger partial charge in [0.05, 0.1) is 11.8 Å². The van der Waals surface area contributed by atoms with Gasteiger partial charge in [0.25, 0.3) is 0 Å². The van der Waals surface area contributed by atoms with Crippen LogP contribution in [0.2, 0.25) is 0 Å². The maximum absolute atomic E-state index is 12.3. The van der Waals surface area contributed by atoms with E-state index in [0.29, 0.717) is 24.7 Å². The van der Waals surface area contributed by atoms with E-state index in [-0.39, 0.29) is 17.9 Å². The van der Waals surface area contributed by atoms with Crippen molar-refractivity contribution < 1.29 is 14.7 Å². The molecule has 2 N–H and O–H groups in total. The Morgan fingerprint density at radius 1 is 1.21 bits per heavy atom. The average Bonchev–Trinajstić information content (AvgIpc) is 2.79. The number of aliphatic carboxylic acids is 1. The first-order valence-electron chi connectivity index (χ1n) is 7.43. The van der Waals surface area contributed by atoms with Crippen molar-refractivity contribution in [1.29, 1.82) is 0 Å². The fourth-order valence-corrected chi connectivity index (χ4v) is 3.07. The lowest BCUT2D eigenvalue weighted by molar-refractivity contribution is -0.146. The minimum Gasteiger partial charge on any atom is -0.481 e. The van der Waals surface area contributed by atoms with Crippen molar-refractivity contribution in [3.8, 4) is 0 Å². The minimum atomic E-state index is -0.825. The molecule has 0 aromatic heterocycles. The number of hydrogen-bond acceptors (Lipinski definition) is 2. The lowest BCUT2D eigenvalue weighted by Gasteiger charge is -2.24. The van der Waals surface area contributed by atoms with Crippen LogP contribution < -0.4 is 5.32 Å². The Labute approximate surface area is 116 Å². The molecule has 0 heterocycles. The molecule has 0 bridgehead atoms. The number of rotatable bonds is 6. The molecule has 19 heavy (non-hydrogen) atoms. The average molecular weight is 269 g/mol. The van der Waals surface area contributed by atoms with Crippen LogP contribution in [0.1, 0.15) is 53.4 Å². The van der Waals surface area contributed by atoms with Gasteiger partial charge in [-0.2, -0.15) is 0 Å². The number of carbonyl (C=O) groups is 2. The number of hydrogen-bond donors (Lipinski definition) is 2. The van der Waals surface area contributed by atoms with E-state index in [9.17, 15) is 14.7 Å². The van der Waals surface area contributed by atoms with Crippen LogP contribution in [0, 0.1) is 23.7 Å². The molecule has 0 radical (unpaired) electrons. The van der Waals surface area contributed by atoms with Crippen LogP contribution in [0.3, 0.4) is 0 Å². The van der Waals surface area contributed by atoms with E-state index < -0.39 is 11.9 Å². The third-order valence-electron chi connectivity index (χ3n) is 4.46.